The number of hydrogen-bond donors (Lipinski definition) is 2. The number of non-ortho nitro benzene ring substituents is 1. The molecular formula is C12H11N5O3. The number of rotatable bonds is 3. The number of anilines is 2. The van der Waals surface area contributed by atoms with Crippen molar-refractivity contribution in [3.63, 3.8) is 0 Å². The van der Waals surface area contributed by atoms with Crippen LogP contribution in [0, 0.1) is 17.0 Å². The van der Waals surface area contributed by atoms with Crippen LogP contribution in [-0.4, -0.2) is 20.8 Å². The minimum absolute atomic E-state index is 0.0377. The van der Waals surface area contributed by atoms with E-state index in [0.29, 0.717) is 11.3 Å². The van der Waals surface area contributed by atoms with Gasteiger partial charge in [0.15, 0.2) is 0 Å². The second kappa shape index (κ2) is 5.31. The molecule has 1 heterocycles. The molecule has 1 amide bonds. The van der Waals surface area contributed by atoms with Crippen LogP contribution < -0.4 is 11.1 Å². The maximum atomic E-state index is 11.9. The predicted molar refractivity (Wildman–Crippen MR) is 72.2 cm³/mol. The number of nitrogen functional groups attached to an aromatic ring is 1. The van der Waals surface area contributed by atoms with Crippen LogP contribution in [0.4, 0.5) is 17.2 Å². The average Bonchev–Trinajstić information content (AvgIpc) is 2.40. The van der Waals surface area contributed by atoms with E-state index in [9.17, 15) is 14.9 Å². The first-order valence-corrected chi connectivity index (χ1v) is 5.61. The molecule has 0 atom stereocenters. The molecule has 20 heavy (non-hydrogen) atoms. The van der Waals surface area contributed by atoms with Gasteiger partial charge in [-0.25, -0.2) is 4.98 Å². The third-order valence-corrected chi connectivity index (χ3v) is 2.55. The number of amides is 1. The van der Waals surface area contributed by atoms with E-state index in [-0.39, 0.29) is 17.2 Å². The fourth-order valence-corrected chi connectivity index (χ4v) is 1.58. The molecule has 0 radical (unpaired) electrons. The molecule has 0 saturated carbocycles. The highest BCUT2D eigenvalue weighted by Crippen LogP contribution is 2.21. The molecule has 8 nitrogen and oxygen atoms in total. The molecule has 0 spiro atoms. The number of carbonyl (C=O) groups excluding carboxylic acids is 1. The van der Waals surface area contributed by atoms with Gasteiger partial charge in [-0.15, -0.1) is 0 Å². The van der Waals surface area contributed by atoms with Crippen LogP contribution in [0.1, 0.15) is 16.1 Å². The van der Waals surface area contributed by atoms with E-state index < -0.39 is 10.8 Å². The highest BCUT2D eigenvalue weighted by Gasteiger charge is 2.12. The van der Waals surface area contributed by atoms with Crippen molar-refractivity contribution in [3.8, 4) is 0 Å². The first-order chi connectivity index (χ1) is 9.47. The summed E-state index contributed by atoms with van der Waals surface area (Å²) < 4.78 is 0. The summed E-state index contributed by atoms with van der Waals surface area (Å²) in [5.74, 6) is -0.347. The second-order valence-electron chi connectivity index (χ2n) is 4.04. The zero-order valence-electron chi connectivity index (χ0n) is 10.5. The van der Waals surface area contributed by atoms with Gasteiger partial charge in [-0.1, -0.05) is 0 Å². The first-order valence-electron chi connectivity index (χ1n) is 5.61. The summed E-state index contributed by atoms with van der Waals surface area (Å²) >= 11 is 0. The van der Waals surface area contributed by atoms with Gasteiger partial charge in [0, 0.05) is 17.8 Å². The standard InChI is InChI=1S/C12H11N5O3/c1-7-4-8(17(19)20)2-3-9(7)16-12(18)10-5-14-6-11(13)15-10/h2-6H,1H3,(H2,13,15)(H,16,18). The lowest BCUT2D eigenvalue weighted by atomic mass is 10.1. The van der Waals surface area contributed by atoms with Crippen LogP contribution in [0.5, 0.6) is 0 Å². The highest BCUT2D eigenvalue weighted by molar-refractivity contribution is 6.03. The van der Waals surface area contributed by atoms with E-state index in [1.54, 1.807) is 6.92 Å². The van der Waals surface area contributed by atoms with Gasteiger partial charge in [0.25, 0.3) is 11.6 Å². The smallest absolute Gasteiger partial charge is 0.275 e. The van der Waals surface area contributed by atoms with Crippen molar-refractivity contribution < 1.29 is 9.72 Å². The van der Waals surface area contributed by atoms with Gasteiger partial charge in [0.1, 0.15) is 11.5 Å². The van der Waals surface area contributed by atoms with Crippen molar-refractivity contribution in [3.05, 3.63) is 52.0 Å². The van der Waals surface area contributed by atoms with Gasteiger partial charge < -0.3 is 11.1 Å². The highest BCUT2D eigenvalue weighted by atomic mass is 16.6. The van der Waals surface area contributed by atoms with Crippen molar-refractivity contribution in [2.24, 2.45) is 0 Å². The molecule has 0 bridgehead atoms. The van der Waals surface area contributed by atoms with E-state index >= 15 is 0 Å². The van der Waals surface area contributed by atoms with Crippen molar-refractivity contribution >= 4 is 23.1 Å². The number of aromatic nitrogens is 2. The number of nitrogens with zero attached hydrogens (tertiary/aromatic N) is 3. The van der Waals surface area contributed by atoms with Gasteiger partial charge in [-0.3, -0.25) is 19.9 Å². The number of carbonyl (C=O) groups is 1. The van der Waals surface area contributed by atoms with Gasteiger partial charge in [-0.2, -0.15) is 0 Å². The molecule has 0 unspecified atom stereocenters. The Morgan fingerprint density at radius 2 is 2.15 bits per heavy atom. The third kappa shape index (κ3) is 2.86. The molecule has 1 aromatic heterocycles. The maximum absolute atomic E-state index is 11.9. The molecule has 0 fully saturated rings. The molecule has 1 aromatic carbocycles. The van der Waals surface area contributed by atoms with Gasteiger partial charge >= 0.3 is 0 Å². The predicted octanol–water partition coefficient (Wildman–Crippen LogP) is 1.53. The summed E-state index contributed by atoms with van der Waals surface area (Å²) in [6, 6.07) is 4.15. The third-order valence-electron chi connectivity index (χ3n) is 2.55. The average molecular weight is 273 g/mol. The topological polar surface area (TPSA) is 124 Å². The molecule has 0 aliphatic carbocycles. The molecule has 2 rings (SSSR count). The maximum Gasteiger partial charge on any atom is 0.275 e. The van der Waals surface area contributed by atoms with Crippen LogP contribution in [0.25, 0.3) is 0 Å². The molecule has 3 N–H and O–H groups in total. The number of aryl methyl sites for hydroxylation is 1. The fourth-order valence-electron chi connectivity index (χ4n) is 1.58. The normalized spacial score (nSPS) is 10.1. The number of nitro benzene ring substituents is 1. The lowest BCUT2D eigenvalue weighted by Gasteiger charge is -2.07. The van der Waals surface area contributed by atoms with Crippen LogP contribution in [0.15, 0.2) is 30.6 Å². The molecule has 0 aliphatic rings. The zero-order valence-corrected chi connectivity index (χ0v) is 10.5. The Morgan fingerprint density at radius 3 is 2.75 bits per heavy atom. The van der Waals surface area contributed by atoms with E-state index in [4.69, 9.17) is 5.73 Å². The van der Waals surface area contributed by atoms with Crippen LogP contribution >= 0.6 is 0 Å². The van der Waals surface area contributed by atoms with E-state index in [1.807, 2.05) is 0 Å². The quantitative estimate of drug-likeness (QED) is 0.645. The molecule has 102 valence electrons. The lowest BCUT2D eigenvalue weighted by Crippen LogP contribution is -2.15. The Morgan fingerprint density at radius 1 is 1.40 bits per heavy atom. The Balaban J connectivity index is 2.22. The SMILES string of the molecule is Cc1cc([N+](=O)[O-])ccc1NC(=O)c1cncc(N)n1. The Hall–Kier alpha value is -3.03. The Kier molecular flexibility index (Phi) is 3.56. The Labute approximate surface area is 113 Å². The van der Waals surface area contributed by atoms with Crippen LogP contribution in [0.2, 0.25) is 0 Å². The molecule has 8 heteroatoms. The van der Waals surface area contributed by atoms with Crippen molar-refractivity contribution in [2.45, 2.75) is 6.92 Å². The van der Waals surface area contributed by atoms with Crippen LogP contribution in [0.3, 0.4) is 0 Å². The number of nitrogens with one attached hydrogen (secondary N) is 1. The monoisotopic (exact) mass is 273 g/mol. The van der Waals surface area contributed by atoms with Gasteiger partial charge in [0.05, 0.1) is 17.3 Å². The van der Waals surface area contributed by atoms with Gasteiger partial charge in [-0.05, 0) is 18.6 Å². The summed E-state index contributed by atoms with van der Waals surface area (Å²) in [6.45, 7) is 1.66. The summed E-state index contributed by atoms with van der Waals surface area (Å²) in [7, 11) is 0. The number of nitro groups is 1. The number of hydrogen-bond acceptors (Lipinski definition) is 6. The Bertz CT molecular complexity index is 687. The zero-order chi connectivity index (χ0) is 14.7. The minimum atomic E-state index is -0.498. The lowest BCUT2D eigenvalue weighted by molar-refractivity contribution is -0.384. The fraction of sp³-hybridized carbons (Fsp3) is 0.0833. The summed E-state index contributed by atoms with van der Waals surface area (Å²) in [6.07, 6.45) is 2.61. The molecule has 0 aliphatic heterocycles. The number of nitrogens with two attached hydrogens (primary N) is 1. The van der Waals surface area contributed by atoms with E-state index in [0.717, 1.165) is 0 Å². The largest absolute Gasteiger partial charge is 0.382 e. The van der Waals surface area contributed by atoms with Crippen molar-refractivity contribution in [2.75, 3.05) is 11.1 Å². The minimum Gasteiger partial charge on any atom is -0.382 e. The molecule has 0 saturated heterocycles. The summed E-state index contributed by atoms with van der Waals surface area (Å²) in [5, 5.41) is 13.2. The first kappa shape index (κ1) is 13.4. The van der Waals surface area contributed by atoms with E-state index in [1.165, 1.54) is 30.6 Å². The second-order valence-corrected chi connectivity index (χ2v) is 4.04. The summed E-state index contributed by atoms with van der Waals surface area (Å²) in [4.78, 5) is 29.7. The van der Waals surface area contributed by atoms with Crippen LogP contribution in [-0.2, 0) is 0 Å². The van der Waals surface area contributed by atoms with Crippen molar-refractivity contribution in [1.82, 2.24) is 9.97 Å². The molecule has 2 aromatic rings. The van der Waals surface area contributed by atoms with Crippen molar-refractivity contribution in [1.29, 1.82) is 0 Å². The molecular weight excluding hydrogens is 262 g/mol. The number of benzene rings is 1. The summed E-state index contributed by atoms with van der Waals surface area (Å²) in [5.41, 5.74) is 6.51. The van der Waals surface area contributed by atoms with E-state index in [2.05, 4.69) is 15.3 Å². The van der Waals surface area contributed by atoms with Gasteiger partial charge in [0.2, 0.25) is 0 Å².